The summed E-state index contributed by atoms with van der Waals surface area (Å²) in [4.78, 5) is 27.8. The minimum Gasteiger partial charge on any atom is -0.348 e. The van der Waals surface area contributed by atoms with Crippen LogP contribution in [0.2, 0.25) is 0 Å². The van der Waals surface area contributed by atoms with Crippen molar-refractivity contribution in [1.82, 2.24) is 20.0 Å². The summed E-state index contributed by atoms with van der Waals surface area (Å²) in [7, 11) is 0. The van der Waals surface area contributed by atoms with E-state index >= 15 is 0 Å². The van der Waals surface area contributed by atoms with Gasteiger partial charge in [0.25, 0.3) is 11.8 Å². The Labute approximate surface area is 189 Å². The second-order valence-corrected chi connectivity index (χ2v) is 8.61. The fourth-order valence-corrected chi connectivity index (χ4v) is 4.12. The predicted octanol–water partition coefficient (Wildman–Crippen LogP) is 3.99. The second kappa shape index (κ2) is 9.81. The highest BCUT2D eigenvalue weighted by molar-refractivity contribution is 5.98. The number of carbonyl (C=O) groups is 2. The zero-order chi connectivity index (χ0) is 22.5. The Balaban J connectivity index is 1.40. The van der Waals surface area contributed by atoms with Crippen LogP contribution in [0.3, 0.4) is 0 Å². The third kappa shape index (κ3) is 5.25. The number of aryl methyl sites for hydroxylation is 3. The van der Waals surface area contributed by atoms with Crippen molar-refractivity contribution in [2.45, 2.75) is 52.2 Å². The van der Waals surface area contributed by atoms with Gasteiger partial charge in [0, 0.05) is 31.7 Å². The first kappa shape index (κ1) is 21.8. The summed E-state index contributed by atoms with van der Waals surface area (Å²) in [6.45, 7) is 5.91. The quantitative estimate of drug-likeness (QED) is 0.616. The van der Waals surface area contributed by atoms with Crippen LogP contribution in [0, 0.1) is 6.92 Å². The Morgan fingerprint density at radius 2 is 1.84 bits per heavy atom. The van der Waals surface area contributed by atoms with E-state index in [4.69, 9.17) is 0 Å². The summed E-state index contributed by atoms with van der Waals surface area (Å²) in [6, 6.07) is 20.1. The van der Waals surface area contributed by atoms with Crippen LogP contribution < -0.4 is 5.32 Å². The SMILES string of the molecule is Cc1cccc(CN2CCCn3nc(C(=O)N[C@@H](C)CCc4ccccc4)cc3C2=O)c1. The molecule has 2 heterocycles. The van der Waals surface area contributed by atoms with Crippen LogP contribution in [0.25, 0.3) is 0 Å². The summed E-state index contributed by atoms with van der Waals surface area (Å²) in [6.07, 6.45) is 2.54. The lowest BCUT2D eigenvalue weighted by Gasteiger charge is -2.20. The van der Waals surface area contributed by atoms with Crippen molar-refractivity contribution in [3.8, 4) is 0 Å². The number of fused-ring (bicyclic) bond motifs is 1. The van der Waals surface area contributed by atoms with E-state index in [0.29, 0.717) is 31.0 Å². The van der Waals surface area contributed by atoms with Crippen molar-refractivity contribution in [3.63, 3.8) is 0 Å². The number of hydrogen-bond donors (Lipinski definition) is 1. The average Bonchev–Trinajstić information content (AvgIpc) is 3.16. The Kier molecular flexibility index (Phi) is 6.69. The minimum absolute atomic E-state index is 0.0118. The van der Waals surface area contributed by atoms with Crippen molar-refractivity contribution in [3.05, 3.63) is 88.7 Å². The molecule has 3 aromatic rings. The topological polar surface area (TPSA) is 67.2 Å². The van der Waals surface area contributed by atoms with Gasteiger partial charge in [-0.2, -0.15) is 5.10 Å². The molecule has 2 aromatic carbocycles. The molecule has 1 aliphatic rings. The number of benzene rings is 2. The third-order valence-corrected chi connectivity index (χ3v) is 5.86. The van der Waals surface area contributed by atoms with Crippen LogP contribution in [0.5, 0.6) is 0 Å². The molecule has 4 rings (SSSR count). The number of hydrogen-bond acceptors (Lipinski definition) is 3. The van der Waals surface area contributed by atoms with E-state index in [0.717, 1.165) is 24.8 Å². The average molecular weight is 431 g/mol. The molecule has 1 N–H and O–H groups in total. The molecular weight excluding hydrogens is 400 g/mol. The molecule has 6 heteroatoms. The molecule has 1 atom stereocenters. The van der Waals surface area contributed by atoms with E-state index in [1.807, 2.05) is 42.2 Å². The standard InChI is InChI=1S/C26H30N4O2/c1-19-8-6-11-22(16-19)18-29-14-7-15-30-24(26(29)32)17-23(28-30)25(31)27-20(2)12-13-21-9-4-3-5-10-21/h3-6,8-11,16-17,20H,7,12-15,18H2,1-2H3,(H,27,31)/t20-/m0/s1. The number of aromatic nitrogens is 2. The van der Waals surface area contributed by atoms with E-state index < -0.39 is 0 Å². The van der Waals surface area contributed by atoms with Gasteiger partial charge < -0.3 is 10.2 Å². The molecule has 0 saturated heterocycles. The van der Waals surface area contributed by atoms with Crippen LogP contribution in [0.4, 0.5) is 0 Å². The molecule has 0 unspecified atom stereocenters. The number of nitrogens with zero attached hydrogens (tertiary/aromatic N) is 3. The number of carbonyl (C=O) groups excluding carboxylic acids is 2. The van der Waals surface area contributed by atoms with Gasteiger partial charge in [-0.25, -0.2) is 0 Å². The Morgan fingerprint density at radius 1 is 1.06 bits per heavy atom. The summed E-state index contributed by atoms with van der Waals surface area (Å²) in [5, 5.41) is 7.47. The van der Waals surface area contributed by atoms with Gasteiger partial charge in [-0.05, 0) is 44.2 Å². The van der Waals surface area contributed by atoms with E-state index in [9.17, 15) is 9.59 Å². The normalized spacial score (nSPS) is 14.6. The molecule has 1 aromatic heterocycles. The maximum Gasteiger partial charge on any atom is 0.272 e. The largest absolute Gasteiger partial charge is 0.348 e. The molecule has 0 saturated carbocycles. The molecule has 0 bridgehead atoms. The highest BCUT2D eigenvalue weighted by Gasteiger charge is 2.26. The van der Waals surface area contributed by atoms with Crippen LogP contribution in [0.15, 0.2) is 60.7 Å². The summed E-state index contributed by atoms with van der Waals surface area (Å²) in [5.41, 5.74) is 4.32. The fraction of sp³-hybridized carbons (Fsp3) is 0.346. The van der Waals surface area contributed by atoms with Gasteiger partial charge in [-0.1, -0.05) is 60.2 Å². The van der Waals surface area contributed by atoms with Gasteiger partial charge in [-0.3, -0.25) is 14.3 Å². The van der Waals surface area contributed by atoms with Crippen molar-refractivity contribution in [1.29, 1.82) is 0 Å². The van der Waals surface area contributed by atoms with Gasteiger partial charge in [0.2, 0.25) is 0 Å². The number of amides is 2. The maximum atomic E-state index is 13.2. The monoisotopic (exact) mass is 430 g/mol. The van der Waals surface area contributed by atoms with E-state index in [1.54, 1.807) is 10.7 Å². The van der Waals surface area contributed by atoms with Crippen LogP contribution in [0.1, 0.15) is 57.4 Å². The molecular formula is C26H30N4O2. The fourth-order valence-electron chi connectivity index (χ4n) is 4.12. The lowest BCUT2D eigenvalue weighted by Crippen LogP contribution is -2.33. The van der Waals surface area contributed by atoms with E-state index in [-0.39, 0.29) is 17.9 Å². The highest BCUT2D eigenvalue weighted by Crippen LogP contribution is 2.17. The zero-order valence-corrected chi connectivity index (χ0v) is 18.8. The molecule has 2 amide bonds. The van der Waals surface area contributed by atoms with Gasteiger partial charge in [0.05, 0.1) is 0 Å². The minimum atomic E-state index is -0.232. The van der Waals surface area contributed by atoms with Gasteiger partial charge in [0.1, 0.15) is 5.69 Å². The van der Waals surface area contributed by atoms with Crippen molar-refractivity contribution in [2.24, 2.45) is 0 Å². The smallest absolute Gasteiger partial charge is 0.272 e. The van der Waals surface area contributed by atoms with Crippen molar-refractivity contribution in [2.75, 3.05) is 6.54 Å². The molecule has 0 fully saturated rings. The van der Waals surface area contributed by atoms with Gasteiger partial charge in [0.15, 0.2) is 5.69 Å². The Bertz CT molecular complexity index is 1090. The number of rotatable bonds is 7. The first-order valence-electron chi connectivity index (χ1n) is 11.3. The van der Waals surface area contributed by atoms with Crippen LogP contribution in [-0.4, -0.2) is 39.1 Å². The molecule has 6 nitrogen and oxygen atoms in total. The zero-order valence-electron chi connectivity index (χ0n) is 18.8. The lowest BCUT2D eigenvalue weighted by molar-refractivity contribution is 0.0745. The maximum absolute atomic E-state index is 13.2. The lowest BCUT2D eigenvalue weighted by atomic mass is 10.1. The molecule has 166 valence electrons. The first-order chi connectivity index (χ1) is 15.5. The molecule has 32 heavy (non-hydrogen) atoms. The first-order valence-corrected chi connectivity index (χ1v) is 11.3. The van der Waals surface area contributed by atoms with E-state index in [1.165, 1.54) is 11.1 Å². The molecule has 0 radical (unpaired) electrons. The summed E-state index contributed by atoms with van der Waals surface area (Å²) >= 11 is 0. The molecule has 0 spiro atoms. The van der Waals surface area contributed by atoms with Crippen LogP contribution >= 0.6 is 0 Å². The predicted molar refractivity (Wildman–Crippen MR) is 124 cm³/mol. The Hall–Kier alpha value is -3.41. The summed E-state index contributed by atoms with van der Waals surface area (Å²) < 4.78 is 1.68. The highest BCUT2D eigenvalue weighted by atomic mass is 16.2. The van der Waals surface area contributed by atoms with E-state index in [2.05, 4.69) is 41.6 Å². The van der Waals surface area contributed by atoms with Gasteiger partial charge >= 0.3 is 0 Å². The van der Waals surface area contributed by atoms with Crippen molar-refractivity contribution < 1.29 is 9.59 Å². The number of nitrogens with one attached hydrogen (secondary N) is 1. The summed E-state index contributed by atoms with van der Waals surface area (Å²) in [5.74, 6) is -0.308. The van der Waals surface area contributed by atoms with Gasteiger partial charge in [-0.15, -0.1) is 0 Å². The third-order valence-electron chi connectivity index (χ3n) is 5.86. The van der Waals surface area contributed by atoms with Crippen molar-refractivity contribution >= 4 is 11.8 Å². The Morgan fingerprint density at radius 3 is 2.62 bits per heavy atom. The molecule has 0 aliphatic carbocycles. The molecule has 1 aliphatic heterocycles. The van der Waals surface area contributed by atoms with Crippen LogP contribution in [-0.2, 0) is 19.5 Å². The second-order valence-electron chi connectivity index (χ2n) is 8.61.